The van der Waals surface area contributed by atoms with E-state index in [0.717, 1.165) is 10.6 Å². The van der Waals surface area contributed by atoms with Crippen LogP contribution in [0, 0.1) is 0 Å². The molecule has 0 radical (unpaired) electrons. The average Bonchev–Trinajstić information content (AvgIpc) is 2.60. The van der Waals surface area contributed by atoms with Crippen molar-refractivity contribution in [2.24, 2.45) is 4.99 Å². The fraction of sp³-hybridized carbons (Fsp3) is 0.222. The number of benzene rings is 2. The highest BCUT2D eigenvalue weighted by Crippen LogP contribution is 2.32. The first-order valence-corrected chi connectivity index (χ1v) is 8.52. The number of carboxylic acids is 1. The van der Waals surface area contributed by atoms with Crippen molar-refractivity contribution in [2.75, 3.05) is 13.4 Å². The first kappa shape index (κ1) is 17.9. The zero-order valence-electron chi connectivity index (χ0n) is 13.7. The van der Waals surface area contributed by atoms with Crippen molar-refractivity contribution in [1.29, 1.82) is 0 Å². The number of rotatable bonds is 7. The maximum atomic E-state index is 11.1. The minimum atomic E-state index is -1.04. The lowest BCUT2D eigenvalue weighted by Crippen LogP contribution is -2.23. The van der Waals surface area contributed by atoms with Crippen LogP contribution in [-0.4, -0.2) is 36.8 Å². The van der Waals surface area contributed by atoms with E-state index >= 15 is 0 Å². The molecular formula is C18H19NO4S. The van der Waals surface area contributed by atoms with Crippen LogP contribution < -0.4 is 9.47 Å². The van der Waals surface area contributed by atoms with E-state index in [2.05, 4.69) is 4.99 Å². The van der Waals surface area contributed by atoms with Crippen molar-refractivity contribution >= 4 is 29.6 Å². The van der Waals surface area contributed by atoms with E-state index in [-0.39, 0.29) is 0 Å². The van der Waals surface area contributed by atoms with Gasteiger partial charge in [-0.2, -0.15) is 0 Å². The fourth-order valence-corrected chi connectivity index (χ4v) is 2.57. The molecule has 2 rings (SSSR count). The first-order chi connectivity index (χ1) is 11.6. The molecule has 126 valence electrons. The minimum absolute atomic E-state index is 0.361. The molecule has 0 aliphatic carbocycles. The van der Waals surface area contributed by atoms with Gasteiger partial charge < -0.3 is 14.6 Å². The number of para-hydroxylation sites is 2. The van der Waals surface area contributed by atoms with Crippen molar-refractivity contribution in [3.05, 3.63) is 48.0 Å². The Morgan fingerprint density at radius 1 is 1.25 bits per heavy atom. The predicted octanol–water partition coefficient (Wildman–Crippen LogP) is 4.02. The number of ether oxygens (including phenoxy) is 2. The standard InChI is InChI=1S/C18H19NO4S/c1-12(18(20)21)23-17-13(7-6-9-15(17)22-2)11-19-14-8-4-5-10-16(14)24-3/h4-12H,1-3H3,(H,20,21)/t12-/m1/s1. The van der Waals surface area contributed by atoms with Gasteiger partial charge in [0.25, 0.3) is 0 Å². The van der Waals surface area contributed by atoms with Gasteiger partial charge in [-0.05, 0) is 37.4 Å². The highest BCUT2D eigenvalue weighted by molar-refractivity contribution is 7.98. The number of carboxylic acid groups (broad SMARTS) is 1. The summed E-state index contributed by atoms with van der Waals surface area (Å²) in [6.07, 6.45) is 2.65. The molecule has 0 amide bonds. The number of hydrogen-bond donors (Lipinski definition) is 1. The molecule has 1 atom stereocenters. The maximum Gasteiger partial charge on any atom is 0.344 e. The lowest BCUT2D eigenvalue weighted by atomic mass is 10.2. The quantitative estimate of drug-likeness (QED) is 0.606. The van der Waals surface area contributed by atoms with Gasteiger partial charge in [0.15, 0.2) is 17.6 Å². The number of aliphatic imine (C=N–C) groups is 1. The molecule has 6 heteroatoms. The summed E-state index contributed by atoms with van der Waals surface area (Å²) in [5.41, 5.74) is 1.49. The summed E-state index contributed by atoms with van der Waals surface area (Å²) in [6.45, 7) is 1.47. The van der Waals surface area contributed by atoms with Crippen LogP contribution in [0.2, 0.25) is 0 Å². The van der Waals surface area contributed by atoms with Gasteiger partial charge >= 0.3 is 5.97 Å². The molecule has 5 nitrogen and oxygen atoms in total. The van der Waals surface area contributed by atoms with Crippen LogP contribution in [0.5, 0.6) is 11.5 Å². The van der Waals surface area contributed by atoms with Crippen molar-refractivity contribution in [1.82, 2.24) is 0 Å². The zero-order valence-corrected chi connectivity index (χ0v) is 14.5. The molecular weight excluding hydrogens is 326 g/mol. The van der Waals surface area contributed by atoms with Gasteiger partial charge in [0.05, 0.1) is 12.8 Å². The maximum absolute atomic E-state index is 11.1. The number of hydrogen-bond acceptors (Lipinski definition) is 5. The summed E-state index contributed by atoms with van der Waals surface area (Å²) in [4.78, 5) is 16.6. The van der Waals surface area contributed by atoms with Gasteiger partial charge in [-0.1, -0.05) is 18.2 Å². The molecule has 0 fully saturated rings. The van der Waals surface area contributed by atoms with E-state index in [9.17, 15) is 4.79 Å². The second-order valence-electron chi connectivity index (χ2n) is 4.91. The fourth-order valence-electron chi connectivity index (χ4n) is 2.02. The predicted molar refractivity (Wildman–Crippen MR) is 96.2 cm³/mol. The van der Waals surface area contributed by atoms with E-state index in [4.69, 9.17) is 14.6 Å². The average molecular weight is 345 g/mol. The van der Waals surface area contributed by atoms with Crippen LogP contribution >= 0.6 is 11.8 Å². The Bertz CT molecular complexity index is 746. The first-order valence-electron chi connectivity index (χ1n) is 7.30. The van der Waals surface area contributed by atoms with Crippen LogP contribution in [0.1, 0.15) is 12.5 Å². The summed E-state index contributed by atoms with van der Waals surface area (Å²) in [7, 11) is 1.51. The Hall–Kier alpha value is -2.47. The third kappa shape index (κ3) is 4.29. The second kappa shape index (κ2) is 8.40. The molecule has 0 saturated heterocycles. The van der Waals surface area contributed by atoms with Crippen molar-refractivity contribution in [3.8, 4) is 11.5 Å². The van der Waals surface area contributed by atoms with Gasteiger partial charge in [-0.25, -0.2) is 4.79 Å². The van der Waals surface area contributed by atoms with Gasteiger partial charge in [-0.15, -0.1) is 11.8 Å². The number of aliphatic carboxylic acids is 1. The molecule has 24 heavy (non-hydrogen) atoms. The third-order valence-corrected chi connectivity index (χ3v) is 4.08. The van der Waals surface area contributed by atoms with Gasteiger partial charge in [0.2, 0.25) is 0 Å². The van der Waals surface area contributed by atoms with Crippen LogP contribution in [0.15, 0.2) is 52.4 Å². The largest absolute Gasteiger partial charge is 0.493 e. The second-order valence-corrected chi connectivity index (χ2v) is 5.76. The Morgan fingerprint density at radius 2 is 2.00 bits per heavy atom. The number of thioether (sulfide) groups is 1. The Balaban J connectivity index is 2.39. The lowest BCUT2D eigenvalue weighted by Gasteiger charge is -2.15. The van der Waals surface area contributed by atoms with E-state index in [1.165, 1.54) is 14.0 Å². The molecule has 0 heterocycles. The number of carbonyl (C=O) groups is 1. The number of methoxy groups -OCH3 is 1. The highest BCUT2D eigenvalue weighted by atomic mass is 32.2. The Kier molecular flexibility index (Phi) is 6.26. The lowest BCUT2D eigenvalue weighted by molar-refractivity contribution is -0.144. The van der Waals surface area contributed by atoms with Gasteiger partial charge in [-0.3, -0.25) is 4.99 Å². The van der Waals surface area contributed by atoms with E-state index in [1.807, 2.05) is 30.5 Å². The van der Waals surface area contributed by atoms with Gasteiger partial charge in [0.1, 0.15) is 0 Å². The van der Waals surface area contributed by atoms with E-state index in [0.29, 0.717) is 17.1 Å². The van der Waals surface area contributed by atoms with Crippen LogP contribution in [0.4, 0.5) is 5.69 Å². The summed E-state index contributed by atoms with van der Waals surface area (Å²) in [6, 6.07) is 13.1. The molecule has 0 aromatic heterocycles. The molecule has 0 saturated carbocycles. The molecule has 0 aliphatic rings. The zero-order chi connectivity index (χ0) is 17.5. The normalized spacial score (nSPS) is 12.1. The minimum Gasteiger partial charge on any atom is -0.493 e. The Morgan fingerprint density at radius 3 is 2.67 bits per heavy atom. The van der Waals surface area contributed by atoms with E-state index in [1.54, 1.807) is 36.2 Å². The van der Waals surface area contributed by atoms with Crippen molar-refractivity contribution in [3.63, 3.8) is 0 Å². The molecule has 0 bridgehead atoms. The van der Waals surface area contributed by atoms with Crippen molar-refractivity contribution in [2.45, 2.75) is 17.9 Å². The summed E-state index contributed by atoms with van der Waals surface area (Å²) < 4.78 is 10.8. The number of nitrogens with zero attached hydrogens (tertiary/aromatic N) is 1. The molecule has 1 N–H and O–H groups in total. The van der Waals surface area contributed by atoms with Crippen LogP contribution in [-0.2, 0) is 4.79 Å². The smallest absolute Gasteiger partial charge is 0.344 e. The van der Waals surface area contributed by atoms with Gasteiger partial charge in [0, 0.05) is 16.7 Å². The molecule has 0 aliphatic heterocycles. The molecule has 0 spiro atoms. The molecule has 2 aromatic rings. The third-order valence-electron chi connectivity index (χ3n) is 3.30. The molecule has 0 unspecified atom stereocenters. The van der Waals surface area contributed by atoms with Crippen molar-refractivity contribution < 1.29 is 19.4 Å². The summed E-state index contributed by atoms with van der Waals surface area (Å²) in [5, 5.41) is 9.07. The summed E-state index contributed by atoms with van der Waals surface area (Å²) >= 11 is 1.61. The topological polar surface area (TPSA) is 68.1 Å². The van der Waals surface area contributed by atoms with Crippen LogP contribution in [0.25, 0.3) is 0 Å². The Labute approximate surface area is 145 Å². The highest BCUT2D eigenvalue weighted by Gasteiger charge is 2.17. The van der Waals surface area contributed by atoms with Crippen LogP contribution in [0.3, 0.4) is 0 Å². The molecule has 2 aromatic carbocycles. The SMILES string of the molecule is COc1cccc(C=Nc2ccccc2SC)c1O[C@H](C)C(=O)O. The van der Waals surface area contributed by atoms with E-state index < -0.39 is 12.1 Å². The summed E-state index contributed by atoms with van der Waals surface area (Å²) in [5.74, 6) is -0.220. The monoisotopic (exact) mass is 345 g/mol.